The number of hydrazine groups is 1. The number of benzene rings is 4. The fourth-order valence-corrected chi connectivity index (χ4v) is 9.24. The standard InChI is InChI=1S/C54H53ClN2O13S/c1-57(56-49(59)34-14-21-41(65-2)22-15-34)50(60)35-16-23-43(24-17-35)69-53(63)37-8-6-36(7-9-37)51(61)67-31-30-33-4-19-42(20-5-33)68-52(62)38-10-12-39(13-11-38)54(64)70-46-27-25-44(66-3)32-40(46)18-26-45(58)47-28-29-48(55)71-47/h4-5,14-29,32,36-39H,6-13,30-31H2,1-3H3,(H,56,59)/b26-18+. The molecule has 5 aromatic rings. The molecule has 2 saturated carbocycles. The number of carbonyl (C=O) groups is 7. The number of hydrogen-bond donors (Lipinski definition) is 1. The molecule has 0 saturated heterocycles. The largest absolute Gasteiger partial charge is 0.497 e. The van der Waals surface area contributed by atoms with Crippen LogP contribution in [0.25, 0.3) is 6.08 Å². The van der Waals surface area contributed by atoms with E-state index in [0.29, 0.717) is 95.4 Å². The number of hydrogen-bond acceptors (Lipinski definition) is 14. The molecule has 2 aliphatic carbocycles. The maximum atomic E-state index is 13.3. The third-order valence-corrected chi connectivity index (χ3v) is 13.7. The molecule has 0 unspecified atom stereocenters. The number of thiophene rings is 1. The molecule has 370 valence electrons. The highest BCUT2D eigenvalue weighted by molar-refractivity contribution is 7.18. The second-order valence-corrected chi connectivity index (χ2v) is 18.9. The minimum Gasteiger partial charge on any atom is -0.497 e. The van der Waals surface area contributed by atoms with Gasteiger partial charge in [0.05, 0.1) is 53.7 Å². The van der Waals surface area contributed by atoms with Gasteiger partial charge in [0, 0.05) is 30.2 Å². The second-order valence-electron chi connectivity index (χ2n) is 17.2. The van der Waals surface area contributed by atoms with Gasteiger partial charge in [-0.25, -0.2) is 0 Å². The first-order chi connectivity index (χ1) is 34.3. The number of allylic oxidation sites excluding steroid dienone is 1. The van der Waals surface area contributed by atoms with E-state index in [1.807, 2.05) is 12.1 Å². The van der Waals surface area contributed by atoms with E-state index in [0.717, 1.165) is 10.6 Å². The number of esters is 4. The van der Waals surface area contributed by atoms with Crippen molar-refractivity contribution in [2.45, 2.75) is 57.8 Å². The molecule has 2 amide bonds. The van der Waals surface area contributed by atoms with Gasteiger partial charge in [0.25, 0.3) is 11.8 Å². The van der Waals surface area contributed by atoms with E-state index in [2.05, 4.69) is 5.43 Å². The van der Waals surface area contributed by atoms with Crippen molar-refractivity contribution in [3.63, 3.8) is 0 Å². The molecule has 71 heavy (non-hydrogen) atoms. The van der Waals surface area contributed by atoms with E-state index in [1.165, 1.54) is 62.9 Å². The van der Waals surface area contributed by atoms with Gasteiger partial charge in [-0.2, -0.15) is 0 Å². The lowest BCUT2D eigenvalue weighted by Crippen LogP contribution is -2.43. The second kappa shape index (κ2) is 24.5. The summed E-state index contributed by atoms with van der Waals surface area (Å²) < 4.78 is 33.7. The third kappa shape index (κ3) is 14.2. The van der Waals surface area contributed by atoms with Crippen molar-refractivity contribution in [2.24, 2.45) is 23.7 Å². The molecule has 7 rings (SSSR count). The zero-order valence-corrected chi connectivity index (χ0v) is 41.0. The predicted octanol–water partition coefficient (Wildman–Crippen LogP) is 9.55. The number of ether oxygens (including phenoxy) is 6. The first-order valence-corrected chi connectivity index (χ1v) is 24.4. The minimum absolute atomic E-state index is 0.163. The van der Waals surface area contributed by atoms with Gasteiger partial charge in [0.1, 0.15) is 28.7 Å². The molecular formula is C54H53ClN2O13S. The maximum Gasteiger partial charge on any atom is 0.314 e. The fourth-order valence-electron chi connectivity index (χ4n) is 8.27. The van der Waals surface area contributed by atoms with Crippen LogP contribution in [0.3, 0.4) is 0 Å². The number of ketones is 1. The molecule has 0 radical (unpaired) electrons. The van der Waals surface area contributed by atoms with Gasteiger partial charge in [-0.3, -0.25) is 44.0 Å². The number of carbonyl (C=O) groups excluding carboxylic acids is 7. The van der Waals surface area contributed by atoms with Crippen molar-refractivity contribution >= 4 is 70.5 Å². The van der Waals surface area contributed by atoms with Gasteiger partial charge in [0.2, 0.25) is 0 Å². The van der Waals surface area contributed by atoms with Gasteiger partial charge in [-0.05, 0) is 160 Å². The van der Waals surface area contributed by atoms with Gasteiger partial charge in [-0.1, -0.05) is 23.7 Å². The van der Waals surface area contributed by atoms with Crippen molar-refractivity contribution in [2.75, 3.05) is 27.9 Å². The highest BCUT2D eigenvalue weighted by Gasteiger charge is 2.34. The summed E-state index contributed by atoms with van der Waals surface area (Å²) in [6.45, 7) is 0.163. The summed E-state index contributed by atoms with van der Waals surface area (Å²) in [4.78, 5) is 91.0. The number of nitrogens with zero attached hydrogens (tertiary/aromatic N) is 1. The Kier molecular flexibility index (Phi) is 17.8. The highest BCUT2D eigenvalue weighted by atomic mass is 35.5. The van der Waals surface area contributed by atoms with Crippen LogP contribution in [0, 0.1) is 23.7 Å². The zero-order valence-electron chi connectivity index (χ0n) is 39.4. The van der Waals surface area contributed by atoms with E-state index in [9.17, 15) is 33.6 Å². The Balaban J connectivity index is 0.776. The lowest BCUT2D eigenvalue weighted by molar-refractivity contribution is -0.152. The van der Waals surface area contributed by atoms with Gasteiger partial charge >= 0.3 is 23.9 Å². The fraction of sp³-hybridized carbons (Fsp3) is 0.315. The summed E-state index contributed by atoms with van der Waals surface area (Å²) in [6.07, 6.45) is 7.11. The number of rotatable bonds is 17. The van der Waals surface area contributed by atoms with Crippen LogP contribution in [-0.4, -0.2) is 74.4 Å². The zero-order chi connectivity index (χ0) is 50.4. The molecule has 2 aliphatic rings. The smallest absolute Gasteiger partial charge is 0.314 e. The molecule has 0 aliphatic heterocycles. The monoisotopic (exact) mass is 1000 g/mol. The van der Waals surface area contributed by atoms with Crippen molar-refractivity contribution in [3.05, 3.63) is 141 Å². The normalized spacial score (nSPS) is 17.6. The molecule has 4 aromatic carbocycles. The van der Waals surface area contributed by atoms with Crippen molar-refractivity contribution < 1.29 is 62.0 Å². The molecular weight excluding hydrogens is 952 g/mol. The average Bonchev–Trinajstić information content (AvgIpc) is 3.84. The summed E-state index contributed by atoms with van der Waals surface area (Å²) in [5.41, 5.74) is 4.55. The Morgan fingerprint density at radius 3 is 1.63 bits per heavy atom. The van der Waals surface area contributed by atoms with Crippen LogP contribution in [0.2, 0.25) is 4.34 Å². The van der Waals surface area contributed by atoms with Crippen LogP contribution in [0.1, 0.15) is 92.9 Å². The van der Waals surface area contributed by atoms with Crippen LogP contribution < -0.4 is 29.1 Å². The summed E-state index contributed by atoms with van der Waals surface area (Å²) >= 11 is 7.15. The molecule has 1 heterocycles. The third-order valence-electron chi connectivity index (χ3n) is 12.5. The van der Waals surface area contributed by atoms with E-state index in [-0.39, 0.29) is 53.2 Å². The lowest BCUT2D eigenvalue weighted by atomic mass is 9.82. The number of halogens is 1. The van der Waals surface area contributed by atoms with Gasteiger partial charge < -0.3 is 28.4 Å². The maximum absolute atomic E-state index is 13.3. The molecule has 1 aromatic heterocycles. The van der Waals surface area contributed by atoms with E-state index in [1.54, 1.807) is 72.8 Å². The summed E-state index contributed by atoms with van der Waals surface area (Å²) in [5, 5.41) is 1.08. The minimum atomic E-state index is -0.468. The summed E-state index contributed by atoms with van der Waals surface area (Å²) in [5.74, 6) is -2.14. The quantitative estimate of drug-likeness (QED) is 0.0305. The molecule has 0 atom stereocenters. The van der Waals surface area contributed by atoms with E-state index < -0.39 is 35.6 Å². The van der Waals surface area contributed by atoms with Crippen LogP contribution in [0.4, 0.5) is 0 Å². The van der Waals surface area contributed by atoms with Crippen LogP contribution in [-0.2, 0) is 30.3 Å². The molecule has 2 fully saturated rings. The molecule has 15 nitrogen and oxygen atoms in total. The Labute approximate surface area is 419 Å². The van der Waals surface area contributed by atoms with Crippen molar-refractivity contribution in [1.29, 1.82) is 0 Å². The number of nitrogens with one attached hydrogen (secondary N) is 1. The summed E-state index contributed by atoms with van der Waals surface area (Å²) in [7, 11) is 4.48. The van der Waals surface area contributed by atoms with Crippen molar-refractivity contribution in [3.8, 4) is 28.7 Å². The van der Waals surface area contributed by atoms with Gasteiger partial charge in [0.15, 0.2) is 5.78 Å². The Hall–Kier alpha value is -7.30. The predicted molar refractivity (Wildman–Crippen MR) is 264 cm³/mol. The van der Waals surface area contributed by atoms with Crippen LogP contribution >= 0.6 is 22.9 Å². The molecule has 17 heteroatoms. The highest BCUT2D eigenvalue weighted by Crippen LogP contribution is 2.34. The van der Waals surface area contributed by atoms with E-state index >= 15 is 0 Å². The molecule has 0 spiro atoms. The van der Waals surface area contributed by atoms with Crippen LogP contribution in [0.15, 0.2) is 109 Å². The molecule has 1 N–H and O–H groups in total. The van der Waals surface area contributed by atoms with Gasteiger partial charge in [-0.15, -0.1) is 11.3 Å². The Bertz CT molecular complexity index is 2740. The van der Waals surface area contributed by atoms with Crippen LogP contribution in [0.5, 0.6) is 28.7 Å². The Morgan fingerprint density at radius 1 is 0.606 bits per heavy atom. The first-order valence-electron chi connectivity index (χ1n) is 23.2. The van der Waals surface area contributed by atoms with Crippen molar-refractivity contribution in [1.82, 2.24) is 10.4 Å². The SMILES string of the molecule is COc1ccc(C(=O)NN(C)C(=O)c2ccc(OC(=O)C3CCC(C(=O)OCCc4ccc(OC(=O)C5CCC(C(=O)Oc6ccc(OC)cc6/C=C/C(=O)c6ccc(Cl)s6)CC5)cc4)CC3)cc2)cc1. The summed E-state index contributed by atoms with van der Waals surface area (Å²) in [6, 6.07) is 27.8. The number of amides is 2. The first kappa shape index (κ1) is 51.5. The molecule has 0 bridgehead atoms. The average molecular weight is 1010 g/mol. The van der Waals surface area contributed by atoms with E-state index in [4.69, 9.17) is 40.0 Å². The topological polar surface area (TPSA) is 190 Å². The number of methoxy groups -OCH3 is 2. The lowest BCUT2D eigenvalue weighted by Gasteiger charge is -2.26. The Morgan fingerprint density at radius 2 is 1.10 bits per heavy atom.